The van der Waals surface area contributed by atoms with E-state index in [4.69, 9.17) is 5.11 Å². The van der Waals surface area contributed by atoms with Crippen LogP contribution in [0.15, 0.2) is 0 Å². The Labute approximate surface area is 112 Å². The van der Waals surface area contributed by atoms with Crippen molar-refractivity contribution in [1.29, 1.82) is 0 Å². The van der Waals surface area contributed by atoms with Crippen LogP contribution in [0.4, 0.5) is 0 Å². The molecule has 0 aromatic carbocycles. The van der Waals surface area contributed by atoms with Gasteiger partial charge in [-0.1, -0.05) is 20.8 Å². The molecule has 1 aliphatic carbocycles. The Kier molecular flexibility index (Phi) is 4.55. The van der Waals surface area contributed by atoms with Crippen LogP contribution in [0.5, 0.6) is 0 Å². The maximum absolute atomic E-state index is 12.0. The third kappa shape index (κ3) is 3.24. The van der Waals surface area contributed by atoms with Crippen LogP contribution in [0, 0.1) is 17.3 Å². The molecule has 6 nitrogen and oxygen atoms in total. The van der Waals surface area contributed by atoms with Gasteiger partial charge in [0.05, 0.1) is 11.8 Å². The van der Waals surface area contributed by atoms with Gasteiger partial charge in [0.1, 0.15) is 6.04 Å². The van der Waals surface area contributed by atoms with Crippen molar-refractivity contribution in [2.24, 2.45) is 17.3 Å². The van der Waals surface area contributed by atoms with Crippen molar-refractivity contribution >= 4 is 17.8 Å². The molecule has 3 atom stereocenters. The number of hydrogen-bond acceptors (Lipinski definition) is 3. The molecule has 108 valence electrons. The second-order valence-electron chi connectivity index (χ2n) is 5.64. The number of amides is 2. The van der Waals surface area contributed by atoms with Gasteiger partial charge in [-0.15, -0.1) is 0 Å². The van der Waals surface area contributed by atoms with Crippen molar-refractivity contribution in [1.82, 2.24) is 10.6 Å². The molecule has 2 amide bonds. The number of carboxylic acids is 1. The van der Waals surface area contributed by atoms with E-state index in [1.54, 1.807) is 20.8 Å². The Morgan fingerprint density at radius 3 is 2.26 bits per heavy atom. The van der Waals surface area contributed by atoms with Crippen molar-refractivity contribution in [3.8, 4) is 0 Å². The molecule has 0 saturated heterocycles. The van der Waals surface area contributed by atoms with Crippen molar-refractivity contribution in [3.05, 3.63) is 0 Å². The average Bonchev–Trinajstić information content (AvgIpc) is 2.89. The third-order valence-corrected chi connectivity index (χ3v) is 3.68. The van der Waals surface area contributed by atoms with Gasteiger partial charge >= 0.3 is 5.97 Å². The summed E-state index contributed by atoms with van der Waals surface area (Å²) >= 11 is 0. The van der Waals surface area contributed by atoms with E-state index < -0.39 is 29.3 Å². The van der Waals surface area contributed by atoms with E-state index in [0.29, 0.717) is 6.54 Å². The Hall–Kier alpha value is -1.59. The first-order chi connectivity index (χ1) is 8.73. The molecule has 1 fully saturated rings. The number of carbonyl (C=O) groups excluding carboxylic acids is 2. The summed E-state index contributed by atoms with van der Waals surface area (Å²) in [5.74, 6) is -2.81. The fourth-order valence-corrected chi connectivity index (χ4v) is 2.36. The van der Waals surface area contributed by atoms with Crippen molar-refractivity contribution in [3.63, 3.8) is 0 Å². The van der Waals surface area contributed by atoms with E-state index in [1.807, 2.05) is 6.92 Å². The van der Waals surface area contributed by atoms with Crippen molar-refractivity contribution < 1.29 is 19.5 Å². The minimum atomic E-state index is -0.965. The van der Waals surface area contributed by atoms with Crippen LogP contribution in [-0.2, 0) is 14.4 Å². The fraction of sp³-hybridized carbons (Fsp3) is 0.769. The normalized spacial score (nSPS) is 25.3. The molecule has 0 aliphatic heterocycles. The molecule has 6 heteroatoms. The molecule has 0 heterocycles. The lowest BCUT2D eigenvalue weighted by atomic mass is 10.1. The second kappa shape index (κ2) is 5.59. The summed E-state index contributed by atoms with van der Waals surface area (Å²) in [6.07, 6.45) is 0.823. The third-order valence-electron chi connectivity index (χ3n) is 3.68. The number of aliphatic carboxylic acids is 1. The highest BCUT2D eigenvalue weighted by Crippen LogP contribution is 2.58. The number of rotatable bonds is 6. The first-order valence-corrected chi connectivity index (χ1v) is 6.54. The molecule has 3 N–H and O–H groups in total. The average molecular weight is 270 g/mol. The smallest absolute Gasteiger partial charge is 0.307 e. The molecule has 19 heavy (non-hydrogen) atoms. The molecule has 0 spiro atoms. The number of hydrogen-bond donors (Lipinski definition) is 3. The first-order valence-electron chi connectivity index (χ1n) is 6.54. The molecule has 0 aromatic rings. The maximum atomic E-state index is 12.0. The van der Waals surface area contributed by atoms with Crippen LogP contribution >= 0.6 is 0 Å². The molecular weight excluding hydrogens is 248 g/mol. The number of carbonyl (C=O) groups is 3. The van der Waals surface area contributed by atoms with E-state index in [-0.39, 0.29) is 11.8 Å². The van der Waals surface area contributed by atoms with E-state index >= 15 is 0 Å². The van der Waals surface area contributed by atoms with Crippen LogP contribution in [0.25, 0.3) is 0 Å². The van der Waals surface area contributed by atoms with Gasteiger partial charge in [-0.05, 0) is 18.8 Å². The molecule has 0 radical (unpaired) electrons. The molecule has 1 aliphatic rings. The summed E-state index contributed by atoms with van der Waals surface area (Å²) in [6, 6.07) is -0.648. The lowest BCUT2D eigenvalue weighted by molar-refractivity contribution is -0.140. The van der Waals surface area contributed by atoms with Crippen LogP contribution in [0.3, 0.4) is 0 Å². The van der Waals surface area contributed by atoms with Crippen LogP contribution in [0.1, 0.15) is 34.1 Å². The van der Waals surface area contributed by atoms with Crippen LogP contribution < -0.4 is 10.6 Å². The molecule has 1 saturated carbocycles. The lowest BCUT2D eigenvalue weighted by Crippen LogP contribution is -2.46. The van der Waals surface area contributed by atoms with Crippen LogP contribution in [-0.4, -0.2) is 35.5 Å². The zero-order chi connectivity index (χ0) is 14.8. The zero-order valence-electron chi connectivity index (χ0n) is 11.8. The van der Waals surface area contributed by atoms with E-state index in [2.05, 4.69) is 10.6 Å². The van der Waals surface area contributed by atoms with Gasteiger partial charge in [-0.2, -0.15) is 0 Å². The minimum Gasteiger partial charge on any atom is -0.481 e. The second-order valence-corrected chi connectivity index (χ2v) is 5.64. The summed E-state index contributed by atoms with van der Waals surface area (Å²) in [6.45, 7) is 7.59. The van der Waals surface area contributed by atoms with Gasteiger partial charge in [0.15, 0.2) is 0 Å². The van der Waals surface area contributed by atoms with Gasteiger partial charge in [0.2, 0.25) is 11.8 Å². The topological polar surface area (TPSA) is 95.5 Å². The Morgan fingerprint density at radius 1 is 1.26 bits per heavy atom. The van der Waals surface area contributed by atoms with Gasteiger partial charge in [-0.25, -0.2) is 0 Å². The Balaban J connectivity index is 2.53. The van der Waals surface area contributed by atoms with E-state index in [0.717, 1.165) is 6.42 Å². The standard InChI is InChI=1S/C13H22N2O4/c1-5-6-14-10(16)7(2)15-11(17)8-9(12(18)19)13(8,3)4/h7-9H,5-6H2,1-4H3,(H,14,16)(H,15,17)(H,18,19). The largest absolute Gasteiger partial charge is 0.481 e. The number of carboxylic acid groups (broad SMARTS) is 1. The Bertz CT molecular complexity index is 392. The maximum Gasteiger partial charge on any atom is 0.307 e. The first kappa shape index (κ1) is 15.5. The predicted molar refractivity (Wildman–Crippen MR) is 69.3 cm³/mol. The minimum absolute atomic E-state index is 0.250. The highest BCUT2D eigenvalue weighted by molar-refractivity contribution is 5.94. The molecular formula is C13H22N2O4. The van der Waals surface area contributed by atoms with E-state index in [9.17, 15) is 14.4 Å². The fourth-order valence-electron chi connectivity index (χ4n) is 2.36. The summed E-state index contributed by atoms with van der Waals surface area (Å²) in [7, 11) is 0. The lowest BCUT2D eigenvalue weighted by Gasteiger charge is -2.14. The summed E-state index contributed by atoms with van der Waals surface area (Å²) in [4.78, 5) is 34.6. The van der Waals surface area contributed by atoms with Gasteiger partial charge < -0.3 is 15.7 Å². The van der Waals surface area contributed by atoms with E-state index in [1.165, 1.54) is 0 Å². The van der Waals surface area contributed by atoms with Gasteiger partial charge in [-0.3, -0.25) is 14.4 Å². The van der Waals surface area contributed by atoms with Gasteiger partial charge in [0, 0.05) is 6.54 Å². The SMILES string of the molecule is CCCNC(=O)C(C)NC(=O)C1C(C(=O)O)C1(C)C. The highest BCUT2D eigenvalue weighted by Gasteiger charge is 2.66. The number of nitrogens with one attached hydrogen (secondary N) is 2. The zero-order valence-corrected chi connectivity index (χ0v) is 11.8. The summed E-state index contributed by atoms with van der Waals surface area (Å²) in [5, 5.41) is 14.3. The monoisotopic (exact) mass is 270 g/mol. The highest BCUT2D eigenvalue weighted by atomic mass is 16.4. The molecule has 0 bridgehead atoms. The molecule has 0 aromatic heterocycles. The molecule has 3 unspecified atom stereocenters. The van der Waals surface area contributed by atoms with Crippen molar-refractivity contribution in [2.45, 2.75) is 40.2 Å². The molecule has 1 rings (SSSR count). The predicted octanol–water partition coefficient (Wildman–Crippen LogP) is 0.374. The van der Waals surface area contributed by atoms with Crippen molar-refractivity contribution in [2.75, 3.05) is 6.54 Å². The van der Waals surface area contributed by atoms with Crippen LogP contribution in [0.2, 0.25) is 0 Å². The Morgan fingerprint density at radius 2 is 1.84 bits per heavy atom. The summed E-state index contributed by atoms with van der Waals surface area (Å²) in [5.41, 5.74) is -0.546. The summed E-state index contributed by atoms with van der Waals surface area (Å²) < 4.78 is 0. The van der Waals surface area contributed by atoms with Gasteiger partial charge in [0.25, 0.3) is 0 Å². The quantitative estimate of drug-likeness (QED) is 0.650.